The molecule has 0 aromatic heterocycles. The number of nitrogens with one attached hydrogen (secondary N) is 2. The van der Waals surface area contributed by atoms with Crippen LogP contribution >= 0.6 is 0 Å². The van der Waals surface area contributed by atoms with Crippen molar-refractivity contribution in [2.75, 3.05) is 76.8 Å². The Morgan fingerprint density at radius 1 is 0.756 bits per heavy atom. The van der Waals surface area contributed by atoms with Gasteiger partial charge in [-0.3, -0.25) is 14.4 Å². The maximum absolute atomic E-state index is 13.4. The summed E-state index contributed by atoms with van der Waals surface area (Å²) in [5.41, 5.74) is 2.68. The van der Waals surface area contributed by atoms with Crippen LogP contribution in [-0.4, -0.2) is 94.1 Å². The molecule has 0 bridgehead atoms. The summed E-state index contributed by atoms with van der Waals surface area (Å²) in [5, 5.41) is 6.49. The van der Waals surface area contributed by atoms with Gasteiger partial charge in [0.15, 0.2) is 11.5 Å². The number of methoxy groups -OCH3 is 2. The number of ether oxygens (including phenoxy) is 2. The van der Waals surface area contributed by atoms with Gasteiger partial charge in [-0.25, -0.2) is 0 Å². The molecule has 41 heavy (non-hydrogen) atoms. The summed E-state index contributed by atoms with van der Waals surface area (Å²) < 4.78 is 10.7. The standard InChI is InChI=1S/C31H41N5O5/c1-40-27-11-9-24(21-28(27)41-2)31(39)36-16-5-15-34(18-19-36)26-10-8-23(30(38)35-14-4-12-32-13-17-35)20-25(26)33-29(37)22-6-3-7-22/h8-11,20-22,32H,3-7,12-19H2,1-2H3,(H,33,37). The van der Waals surface area contributed by atoms with Gasteiger partial charge in [-0.05, 0) is 68.6 Å². The van der Waals surface area contributed by atoms with E-state index in [-0.39, 0.29) is 23.6 Å². The summed E-state index contributed by atoms with van der Waals surface area (Å²) in [7, 11) is 3.13. The molecule has 2 saturated heterocycles. The third-order valence-electron chi connectivity index (χ3n) is 8.36. The quantitative estimate of drug-likeness (QED) is 0.533. The van der Waals surface area contributed by atoms with E-state index in [2.05, 4.69) is 15.5 Å². The fraction of sp³-hybridized carbons (Fsp3) is 0.516. The molecule has 3 aliphatic rings. The zero-order chi connectivity index (χ0) is 28.8. The van der Waals surface area contributed by atoms with Gasteiger partial charge in [0, 0.05) is 62.9 Å². The largest absolute Gasteiger partial charge is 0.493 e. The zero-order valence-corrected chi connectivity index (χ0v) is 24.1. The van der Waals surface area contributed by atoms with Crippen LogP contribution in [0.3, 0.4) is 0 Å². The van der Waals surface area contributed by atoms with E-state index in [4.69, 9.17) is 9.47 Å². The molecule has 0 atom stereocenters. The molecule has 3 fully saturated rings. The van der Waals surface area contributed by atoms with Gasteiger partial charge in [-0.1, -0.05) is 6.42 Å². The van der Waals surface area contributed by atoms with Crippen molar-refractivity contribution in [3.63, 3.8) is 0 Å². The van der Waals surface area contributed by atoms with Crippen molar-refractivity contribution in [1.82, 2.24) is 15.1 Å². The first-order chi connectivity index (χ1) is 20.0. The van der Waals surface area contributed by atoms with Crippen LogP contribution in [0.15, 0.2) is 36.4 Å². The summed E-state index contributed by atoms with van der Waals surface area (Å²) >= 11 is 0. The van der Waals surface area contributed by atoms with Crippen LogP contribution < -0.4 is 25.0 Å². The van der Waals surface area contributed by atoms with E-state index < -0.39 is 0 Å². The monoisotopic (exact) mass is 563 g/mol. The van der Waals surface area contributed by atoms with Gasteiger partial charge in [-0.15, -0.1) is 0 Å². The Kier molecular flexibility index (Phi) is 9.28. The van der Waals surface area contributed by atoms with Crippen molar-refractivity contribution in [3.8, 4) is 11.5 Å². The lowest BCUT2D eigenvalue weighted by molar-refractivity contribution is -0.122. The maximum Gasteiger partial charge on any atom is 0.254 e. The van der Waals surface area contributed by atoms with Gasteiger partial charge in [0.05, 0.1) is 25.6 Å². The number of hydrogen-bond donors (Lipinski definition) is 2. The molecule has 0 spiro atoms. The highest BCUT2D eigenvalue weighted by Gasteiger charge is 2.28. The van der Waals surface area contributed by atoms with E-state index >= 15 is 0 Å². The molecule has 0 radical (unpaired) electrons. The van der Waals surface area contributed by atoms with Crippen LogP contribution in [0.2, 0.25) is 0 Å². The highest BCUT2D eigenvalue weighted by molar-refractivity contribution is 6.01. The molecule has 2 aromatic carbocycles. The van der Waals surface area contributed by atoms with E-state index in [0.717, 1.165) is 57.4 Å². The second-order valence-corrected chi connectivity index (χ2v) is 10.9. The van der Waals surface area contributed by atoms with Crippen LogP contribution in [0, 0.1) is 5.92 Å². The Labute approximate surface area is 241 Å². The van der Waals surface area contributed by atoms with Crippen LogP contribution in [0.4, 0.5) is 11.4 Å². The first-order valence-electron chi connectivity index (χ1n) is 14.7. The second kappa shape index (κ2) is 13.2. The van der Waals surface area contributed by atoms with Gasteiger partial charge in [0.25, 0.3) is 11.8 Å². The van der Waals surface area contributed by atoms with Crippen molar-refractivity contribution < 1.29 is 23.9 Å². The first kappa shape index (κ1) is 28.7. The highest BCUT2D eigenvalue weighted by Crippen LogP contribution is 2.33. The van der Waals surface area contributed by atoms with E-state index in [0.29, 0.717) is 61.0 Å². The Balaban J connectivity index is 1.34. The molecule has 0 unspecified atom stereocenters. The smallest absolute Gasteiger partial charge is 0.254 e. The highest BCUT2D eigenvalue weighted by atomic mass is 16.5. The van der Waals surface area contributed by atoms with E-state index in [1.807, 2.05) is 28.0 Å². The molecule has 1 aliphatic carbocycles. The maximum atomic E-state index is 13.4. The molecule has 2 heterocycles. The molecule has 1 saturated carbocycles. The number of hydrogen-bond acceptors (Lipinski definition) is 7. The summed E-state index contributed by atoms with van der Waals surface area (Å²) in [6, 6.07) is 10.9. The summed E-state index contributed by atoms with van der Waals surface area (Å²) in [4.78, 5) is 45.7. The summed E-state index contributed by atoms with van der Waals surface area (Å²) in [6.45, 7) is 5.56. The van der Waals surface area contributed by atoms with Gasteiger partial charge in [0.2, 0.25) is 5.91 Å². The van der Waals surface area contributed by atoms with Gasteiger partial charge in [0.1, 0.15) is 0 Å². The number of nitrogens with zero attached hydrogens (tertiary/aromatic N) is 3. The lowest BCUT2D eigenvalue weighted by Crippen LogP contribution is -2.36. The Morgan fingerprint density at radius 2 is 1.46 bits per heavy atom. The van der Waals surface area contributed by atoms with Crippen molar-refractivity contribution >= 4 is 29.1 Å². The molecule has 3 amide bonds. The number of carbonyl (C=O) groups is 3. The minimum atomic E-state index is -0.0563. The topological polar surface area (TPSA) is 103 Å². The third kappa shape index (κ3) is 6.59. The van der Waals surface area contributed by atoms with Crippen molar-refractivity contribution in [2.45, 2.75) is 32.1 Å². The summed E-state index contributed by atoms with van der Waals surface area (Å²) in [5.74, 6) is 1.07. The fourth-order valence-electron chi connectivity index (χ4n) is 5.69. The van der Waals surface area contributed by atoms with Crippen molar-refractivity contribution in [3.05, 3.63) is 47.5 Å². The predicted molar refractivity (Wildman–Crippen MR) is 158 cm³/mol. The molecule has 2 aromatic rings. The Hall–Kier alpha value is -3.79. The average Bonchev–Trinajstić information content (AvgIpc) is 3.39. The van der Waals surface area contributed by atoms with Gasteiger partial charge < -0.3 is 34.8 Å². The number of benzene rings is 2. The Morgan fingerprint density at radius 3 is 2.20 bits per heavy atom. The van der Waals surface area contributed by atoms with Crippen molar-refractivity contribution in [2.24, 2.45) is 5.92 Å². The molecule has 10 nitrogen and oxygen atoms in total. The lowest BCUT2D eigenvalue weighted by Gasteiger charge is -2.29. The fourth-order valence-corrected chi connectivity index (χ4v) is 5.69. The van der Waals surface area contributed by atoms with Crippen LogP contribution in [0.1, 0.15) is 52.8 Å². The van der Waals surface area contributed by atoms with E-state index in [1.54, 1.807) is 32.4 Å². The predicted octanol–water partition coefficient (Wildman–Crippen LogP) is 3.23. The van der Waals surface area contributed by atoms with Crippen LogP contribution in [0.5, 0.6) is 11.5 Å². The molecular weight excluding hydrogens is 522 g/mol. The number of rotatable bonds is 7. The number of amides is 3. The van der Waals surface area contributed by atoms with Crippen LogP contribution in [0.25, 0.3) is 0 Å². The number of anilines is 2. The SMILES string of the molecule is COc1ccc(C(=O)N2CCCN(c3ccc(C(=O)N4CCCNCC4)cc3NC(=O)C3CCC3)CC2)cc1OC. The van der Waals surface area contributed by atoms with Gasteiger partial charge >= 0.3 is 0 Å². The Bertz CT molecular complexity index is 1260. The molecule has 220 valence electrons. The van der Waals surface area contributed by atoms with Crippen LogP contribution in [-0.2, 0) is 4.79 Å². The summed E-state index contributed by atoms with van der Waals surface area (Å²) in [6.07, 6.45) is 4.56. The molecule has 2 N–H and O–H groups in total. The molecule has 5 rings (SSSR count). The second-order valence-electron chi connectivity index (χ2n) is 10.9. The van der Waals surface area contributed by atoms with E-state index in [1.165, 1.54) is 0 Å². The van der Waals surface area contributed by atoms with Gasteiger partial charge in [-0.2, -0.15) is 0 Å². The number of carbonyl (C=O) groups excluding carboxylic acids is 3. The average molecular weight is 564 g/mol. The normalized spacial score (nSPS) is 18.1. The lowest BCUT2D eigenvalue weighted by atomic mass is 9.85. The van der Waals surface area contributed by atoms with Crippen molar-refractivity contribution in [1.29, 1.82) is 0 Å². The minimum absolute atomic E-state index is 0.0121. The zero-order valence-electron chi connectivity index (χ0n) is 24.1. The molecule has 2 aliphatic heterocycles. The van der Waals surface area contributed by atoms with E-state index in [9.17, 15) is 14.4 Å². The molecular formula is C31H41N5O5. The minimum Gasteiger partial charge on any atom is -0.493 e. The molecule has 10 heteroatoms. The first-order valence-corrected chi connectivity index (χ1v) is 14.7. The third-order valence-corrected chi connectivity index (χ3v) is 8.36.